The first-order valence-corrected chi connectivity index (χ1v) is 9.58. The molecule has 1 atom stereocenters. The molecule has 1 fully saturated rings. The number of aliphatic hydroxyl groups excluding tert-OH is 1. The second-order valence-corrected chi connectivity index (χ2v) is 7.51. The fourth-order valence-corrected chi connectivity index (χ4v) is 3.38. The first-order valence-electron chi connectivity index (χ1n) is 7.63. The Bertz CT molecular complexity index is 539. The number of nitrogens with zero attached hydrogens (tertiary/aromatic N) is 1. The molecule has 1 aromatic carbocycles. The summed E-state index contributed by atoms with van der Waals surface area (Å²) in [6.07, 6.45) is 1.64. The number of carbonyl (C=O) groups excluding carboxylic acids is 2. The van der Waals surface area contributed by atoms with Gasteiger partial charge in [-0.15, -0.1) is 0 Å². The summed E-state index contributed by atoms with van der Waals surface area (Å²) in [4.78, 5) is 25.5. The normalized spacial score (nSPS) is 17.8. The highest BCUT2D eigenvalue weighted by Gasteiger charge is 2.21. The maximum atomic E-state index is 12.0. The Labute approximate surface area is 148 Å². The number of benzene rings is 1. The van der Waals surface area contributed by atoms with E-state index in [-0.39, 0.29) is 11.8 Å². The van der Waals surface area contributed by atoms with Crippen LogP contribution < -0.4 is 5.32 Å². The molecule has 1 aromatic rings. The quantitative estimate of drug-likeness (QED) is 0.719. The lowest BCUT2D eigenvalue weighted by atomic mass is 10.1. The van der Waals surface area contributed by atoms with Crippen molar-refractivity contribution in [3.05, 3.63) is 28.7 Å². The van der Waals surface area contributed by atoms with Gasteiger partial charge in [0.25, 0.3) is 0 Å². The Morgan fingerprint density at radius 1 is 1.35 bits per heavy atom. The van der Waals surface area contributed by atoms with E-state index in [0.717, 1.165) is 29.5 Å². The van der Waals surface area contributed by atoms with Crippen LogP contribution in [0.25, 0.3) is 0 Å². The number of likely N-dealkylation sites (tertiary alicyclic amines) is 1. The first-order chi connectivity index (χ1) is 11.0. The van der Waals surface area contributed by atoms with E-state index in [1.807, 2.05) is 24.3 Å². The fraction of sp³-hybridized carbons (Fsp3) is 0.500. The number of hydrogen-bond acceptors (Lipinski definition) is 4. The smallest absolute Gasteiger partial charge is 0.234 e. The number of carbonyl (C=O) groups is 2. The number of hydrogen-bond donors (Lipinski definition) is 2. The van der Waals surface area contributed by atoms with Crippen LogP contribution in [-0.2, 0) is 9.59 Å². The zero-order chi connectivity index (χ0) is 16.7. The molecule has 0 aliphatic carbocycles. The van der Waals surface area contributed by atoms with Gasteiger partial charge in [-0.2, -0.15) is 11.8 Å². The van der Waals surface area contributed by atoms with Crippen molar-refractivity contribution >= 4 is 45.2 Å². The van der Waals surface area contributed by atoms with E-state index in [0.29, 0.717) is 24.5 Å². The minimum Gasteiger partial charge on any atom is -0.391 e. The summed E-state index contributed by atoms with van der Waals surface area (Å²) in [6, 6.07) is 7.40. The van der Waals surface area contributed by atoms with E-state index >= 15 is 0 Å². The van der Waals surface area contributed by atoms with Crippen molar-refractivity contribution in [2.75, 3.05) is 29.9 Å². The molecule has 0 radical (unpaired) electrons. The lowest BCUT2D eigenvalue weighted by Gasteiger charge is -2.30. The van der Waals surface area contributed by atoms with Gasteiger partial charge in [0.15, 0.2) is 0 Å². The van der Waals surface area contributed by atoms with Crippen molar-refractivity contribution in [2.24, 2.45) is 0 Å². The summed E-state index contributed by atoms with van der Waals surface area (Å²) in [5.41, 5.74) is 0.761. The summed E-state index contributed by atoms with van der Waals surface area (Å²) in [5, 5.41) is 12.4. The van der Waals surface area contributed by atoms with Gasteiger partial charge in [0.1, 0.15) is 0 Å². The van der Waals surface area contributed by atoms with Crippen LogP contribution in [0.15, 0.2) is 28.7 Å². The molecule has 1 saturated heterocycles. The zero-order valence-electron chi connectivity index (χ0n) is 12.8. The predicted octanol–water partition coefficient (Wildman–Crippen LogP) is 2.49. The first kappa shape index (κ1) is 18.3. The van der Waals surface area contributed by atoms with Crippen LogP contribution in [0.3, 0.4) is 0 Å². The van der Waals surface area contributed by atoms with Gasteiger partial charge in [0, 0.05) is 35.4 Å². The molecular weight excluding hydrogens is 380 g/mol. The summed E-state index contributed by atoms with van der Waals surface area (Å²) in [5.74, 6) is 0.924. The van der Waals surface area contributed by atoms with E-state index in [2.05, 4.69) is 21.2 Å². The molecule has 2 rings (SSSR count). The standard InChI is InChI=1S/C16H21BrN2O3S/c17-12-3-5-13(6-4-12)18-15(21)11-23-9-7-16(22)19-8-1-2-14(20)10-19/h3-6,14,20H,1-2,7-11H2,(H,18,21). The molecule has 126 valence electrons. The van der Waals surface area contributed by atoms with Crippen LogP contribution >= 0.6 is 27.7 Å². The average Bonchev–Trinajstić information content (AvgIpc) is 2.53. The van der Waals surface area contributed by atoms with E-state index in [1.54, 1.807) is 4.90 Å². The highest BCUT2D eigenvalue weighted by atomic mass is 79.9. The SMILES string of the molecule is O=C(CSCCC(=O)N1CCCC(O)C1)Nc1ccc(Br)cc1. The molecule has 0 bridgehead atoms. The lowest BCUT2D eigenvalue weighted by Crippen LogP contribution is -2.42. The van der Waals surface area contributed by atoms with E-state index < -0.39 is 6.10 Å². The average molecular weight is 401 g/mol. The van der Waals surface area contributed by atoms with Crippen molar-refractivity contribution in [1.29, 1.82) is 0 Å². The number of thioether (sulfide) groups is 1. The number of anilines is 1. The number of halogens is 1. The molecule has 0 saturated carbocycles. The summed E-state index contributed by atoms with van der Waals surface area (Å²) in [7, 11) is 0. The Kier molecular flexibility index (Phi) is 7.39. The maximum Gasteiger partial charge on any atom is 0.234 e. The lowest BCUT2D eigenvalue weighted by molar-refractivity contribution is -0.133. The van der Waals surface area contributed by atoms with Crippen LogP contribution in [0.5, 0.6) is 0 Å². The molecule has 1 aliphatic rings. The summed E-state index contributed by atoms with van der Waals surface area (Å²) >= 11 is 4.79. The Balaban J connectivity index is 1.62. The number of aliphatic hydroxyl groups is 1. The van der Waals surface area contributed by atoms with Crippen LogP contribution in [0, 0.1) is 0 Å². The minimum absolute atomic E-state index is 0.0598. The predicted molar refractivity (Wildman–Crippen MR) is 96.5 cm³/mol. The van der Waals surface area contributed by atoms with E-state index in [4.69, 9.17) is 0 Å². The van der Waals surface area contributed by atoms with Crippen molar-refractivity contribution in [1.82, 2.24) is 4.90 Å². The van der Waals surface area contributed by atoms with Gasteiger partial charge in [0.2, 0.25) is 11.8 Å². The zero-order valence-corrected chi connectivity index (χ0v) is 15.2. The third kappa shape index (κ3) is 6.53. The van der Waals surface area contributed by atoms with Crippen molar-refractivity contribution in [3.8, 4) is 0 Å². The van der Waals surface area contributed by atoms with Gasteiger partial charge < -0.3 is 15.3 Å². The molecule has 23 heavy (non-hydrogen) atoms. The largest absolute Gasteiger partial charge is 0.391 e. The summed E-state index contributed by atoms with van der Waals surface area (Å²) in [6.45, 7) is 1.16. The fourth-order valence-electron chi connectivity index (χ4n) is 2.39. The van der Waals surface area contributed by atoms with Gasteiger partial charge in [-0.05, 0) is 37.1 Å². The molecule has 7 heteroatoms. The van der Waals surface area contributed by atoms with Crippen molar-refractivity contribution in [2.45, 2.75) is 25.4 Å². The van der Waals surface area contributed by atoms with Crippen LogP contribution in [0.4, 0.5) is 5.69 Å². The van der Waals surface area contributed by atoms with E-state index in [1.165, 1.54) is 11.8 Å². The van der Waals surface area contributed by atoms with Crippen LogP contribution in [0.2, 0.25) is 0 Å². The Morgan fingerprint density at radius 3 is 2.78 bits per heavy atom. The second-order valence-electron chi connectivity index (χ2n) is 5.49. The van der Waals surface area contributed by atoms with Crippen LogP contribution in [0.1, 0.15) is 19.3 Å². The molecule has 1 heterocycles. The Morgan fingerprint density at radius 2 is 2.09 bits per heavy atom. The van der Waals surface area contributed by atoms with E-state index in [9.17, 15) is 14.7 Å². The third-order valence-electron chi connectivity index (χ3n) is 3.57. The maximum absolute atomic E-state index is 12.0. The molecule has 2 amide bonds. The summed E-state index contributed by atoms with van der Waals surface area (Å²) < 4.78 is 0.964. The molecule has 0 aromatic heterocycles. The van der Waals surface area contributed by atoms with Crippen molar-refractivity contribution < 1.29 is 14.7 Å². The minimum atomic E-state index is -0.392. The Hall–Kier alpha value is -1.05. The molecule has 5 nitrogen and oxygen atoms in total. The van der Waals surface area contributed by atoms with Gasteiger partial charge in [0.05, 0.1) is 11.9 Å². The van der Waals surface area contributed by atoms with Gasteiger partial charge >= 0.3 is 0 Å². The third-order valence-corrected chi connectivity index (χ3v) is 5.06. The second kappa shape index (κ2) is 9.30. The molecule has 1 aliphatic heterocycles. The highest BCUT2D eigenvalue weighted by Crippen LogP contribution is 2.15. The number of amides is 2. The monoisotopic (exact) mass is 400 g/mol. The van der Waals surface area contributed by atoms with Gasteiger partial charge in [-0.3, -0.25) is 9.59 Å². The number of piperidine rings is 1. The molecule has 0 spiro atoms. The van der Waals surface area contributed by atoms with Crippen LogP contribution in [-0.4, -0.2) is 52.5 Å². The number of nitrogens with one attached hydrogen (secondary N) is 1. The van der Waals surface area contributed by atoms with Gasteiger partial charge in [-0.1, -0.05) is 15.9 Å². The molecular formula is C16H21BrN2O3S. The topological polar surface area (TPSA) is 69.6 Å². The van der Waals surface area contributed by atoms with Gasteiger partial charge in [-0.25, -0.2) is 0 Å². The highest BCUT2D eigenvalue weighted by molar-refractivity contribution is 9.10. The number of rotatable bonds is 6. The molecule has 1 unspecified atom stereocenters. The van der Waals surface area contributed by atoms with Crippen molar-refractivity contribution in [3.63, 3.8) is 0 Å². The molecule has 2 N–H and O–H groups in total. The number of β-amino-alcohol motifs (C(OH)–C–C–N with tert-alkyl or cyclic N) is 1.